The number of rotatable bonds is 4. The number of anilines is 1. The largest absolute Gasteiger partial charge is 0.347 e. The number of nitrogens with zero attached hydrogens (tertiary/aromatic N) is 4. The lowest BCUT2D eigenvalue weighted by molar-refractivity contribution is 0.285. The van der Waals surface area contributed by atoms with E-state index in [0.717, 1.165) is 36.9 Å². The molecule has 1 aromatic heterocycles. The van der Waals surface area contributed by atoms with Crippen molar-refractivity contribution in [2.24, 2.45) is 0 Å². The lowest BCUT2D eigenvalue weighted by Gasteiger charge is -2.36. The van der Waals surface area contributed by atoms with Gasteiger partial charge in [0.25, 0.3) is 0 Å². The van der Waals surface area contributed by atoms with E-state index in [9.17, 15) is 8.42 Å². The van der Waals surface area contributed by atoms with Gasteiger partial charge in [-0.15, -0.1) is 0 Å². The molecule has 2 heterocycles. The third-order valence-corrected chi connectivity index (χ3v) is 6.15. The number of piperidine rings is 1. The molecule has 0 spiro atoms. The topological polar surface area (TPSA) is 66.4 Å². The van der Waals surface area contributed by atoms with Gasteiger partial charge in [-0.25, -0.2) is 13.4 Å². The Labute approximate surface area is 137 Å². The first-order valence-corrected chi connectivity index (χ1v) is 10.3. The quantitative estimate of drug-likeness (QED) is 0.835. The average Bonchev–Trinajstić information content (AvgIpc) is 2.88. The Kier molecular flexibility index (Phi) is 5.13. The molecule has 0 amide bonds. The summed E-state index contributed by atoms with van der Waals surface area (Å²) in [5.41, 5.74) is -0.0393. The summed E-state index contributed by atoms with van der Waals surface area (Å²) in [6, 6.07) is 0.103. The Balaban J connectivity index is 2.02. The van der Waals surface area contributed by atoms with Crippen LogP contribution in [0.2, 0.25) is 0 Å². The van der Waals surface area contributed by atoms with Crippen LogP contribution in [-0.4, -0.2) is 54.0 Å². The maximum absolute atomic E-state index is 11.8. The molecule has 1 saturated heterocycles. The molecule has 1 aliphatic rings. The highest BCUT2D eigenvalue weighted by Gasteiger charge is 2.30. The Bertz CT molecular complexity index is 599. The van der Waals surface area contributed by atoms with Crippen LogP contribution >= 0.6 is 11.5 Å². The number of hydrogen-bond acceptors (Lipinski definition) is 6. The van der Waals surface area contributed by atoms with Crippen molar-refractivity contribution in [2.45, 2.75) is 52.0 Å². The smallest absolute Gasteiger partial charge is 0.211 e. The van der Waals surface area contributed by atoms with Gasteiger partial charge in [0.05, 0.1) is 6.26 Å². The fraction of sp³-hybridized carbons (Fsp3) is 0.857. The molecule has 0 unspecified atom stereocenters. The van der Waals surface area contributed by atoms with E-state index in [2.05, 4.69) is 35.0 Å². The highest BCUT2D eigenvalue weighted by molar-refractivity contribution is 7.88. The van der Waals surface area contributed by atoms with Crippen molar-refractivity contribution in [3.63, 3.8) is 0 Å². The fourth-order valence-corrected chi connectivity index (χ4v) is 4.89. The molecule has 1 fully saturated rings. The van der Waals surface area contributed by atoms with Gasteiger partial charge in [-0.1, -0.05) is 27.7 Å². The van der Waals surface area contributed by atoms with E-state index in [4.69, 9.17) is 0 Å². The van der Waals surface area contributed by atoms with Crippen molar-refractivity contribution in [1.29, 1.82) is 0 Å². The molecule has 6 nitrogen and oxygen atoms in total. The van der Waals surface area contributed by atoms with E-state index in [-0.39, 0.29) is 11.5 Å². The molecular weight excluding hydrogens is 320 g/mol. The van der Waals surface area contributed by atoms with Crippen LogP contribution < -0.4 is 4.90 Å². The first-order chi connectivity index (χ1) is 10.1. The predicted octanol–water partition coefficient (Wildman–Crippen LogP) is 2.09. The maximum atomic E-state index is 11.8. The molecule has 2 rings (SSSR count). The van der Waals surface area contributed by atoms with Crippen LogP contribution in [-0.2, 0) is 15.4 Å². The van der Waals surface area contributed by atoms with E-state index in [0.29, 0.717) is 6.54 Å². The van der Waals surface area contributed by atoms with Crippen molar-refractivity contribution >= 4 is 26.7 Å². The molecule has 22 heavy (non-hydrogen) atoms. The van der Waals surface area contributed by atoms with Crippen molar-refractivity contribution < 1.29 is 8.42 Å². The van der Waals surface area contributed by atoms with E-state index in [1.54, 1.807) is 4.31 Å². The predicted molar refractivity (Wildman–Crippen MR) is 91.1 cm³/mol. The van der Waals surface area contributed by atoms with E-state index >= 15 is 0 Å². The monoisotopic (exact) mass is 346 g/mol. The molecule has 1 aromatic rings. The van der Waals surface area contributed by atoms with Gasteiger partial charge in [0.2, 0.25) is 15.2 Å². The molecule has 0 aliphatic carbocycles. The summed E-state index contributed by atoms with van der Waals surface area (Å²) in [5, 5.41) is 0.950. The summed E-state index contributed by atoms with van der Waals surface area (Å²) in [6.07, 6.45) is 2.97. The SMILES string of the molecule is CCN(C1CCN(c2nc(C(C)(C)C)ns2)CC1)S(C)(=O)=O. The minimum Gasteiger partial charge on any atom is -0.347 e. The van der Waals surface area contributed by atoms with Crippen molar-refractivity contribution in [3.8, 4) is 0 Å². The summed E-state index contributed by atoms with van der Waals surface area (Å²) in [7, 11) is -3.12. The van der Waals surface area contributed by atoms with E-state index in [1.807, 2.05) is 6.92 Å². The highest BCUT2D eigenvalue weighted by atomic mass is 32.2. The molecule has 1 aliphatic heterocycles. The Hall–Kier alpha value is -0.730. The van der Waals surface area contributed by atoms with Crippen LogP contribution in [0.4, 0.5) is 5.13 Å². The third-order valence-electron chi connectivity index (χ3n) is 3.97. The molecule has 8 heteroatoms. The van der Waals surface area contributed by atoms with E-state index in [1.165, 1.54) is 17.8 Å². The molecule has 0 bridgehead atoms. The summed E-state index contributed by atoms with van der Waals surface area (Å²) in [6.45, 7) is 10.4. The summed E-state index contributed by atoms with van der Waals surface area (Å²) < 4.78 is 29.7. The van der Waals surface area contributed by atoms with Gasteiger partial charge in [-0.2, -0.15) is 8.68 Å². The van der Waals surface area contributed by atoms with Crippen molar-refractivity contribution in [2.75, 3.05) is 30.8 Å². The second-order valence-corrected chi connectivity index (χ2v) is 9.50. The number of hydrogen-bond donors (Lipinski definition) is 0. The van der Waals surface area contributed by atoms with Crippen molar-refractivity contribution in [3.05, 3.63) is 5.82 Å². The minimum atomic E-state index is -3.12. The molecule has 0 saturated carbocycles. The van der Waals surface area contributed by atoms with Crippen LogP contribution in [0.5, 0.6) is 0 Å². The van der Waals surface area contributed by atoms with Gasteiger partial charge < -0.3 is 4.90 Å². The summed E-state index contributed by atoms with van der Waals surface area (Å²) in [4.78, 5) is 6.87. The lowest BCUT2D eigenvalue weighted by Crippen LogP contribution is -2.47. The molecule has 0 atom stereocenters. The maximum Gasteiger partial charge on any atom is 0.211 e. The first-order valence-electron chi connectivity index (χ1n) is 7.69. The van der Waals surface area contributed by atoms with Crippen LogP contribution in [0, 0.1) is 0 Å². The first kappa shape index (κ1) is 17.6. The standard InChI is InChI=1S/C14H26N4O2S2/c1-6-18(22(5,19)20)11-7-9-17(10-8-11)13-15-12(16-21-13)14(2,3)4/h11H,6-10H2,1-5H3. The Morgan fingerprint density at radius 2 is 1.91 bits per heavy atom. The van der Waals surface area contributed by atoms with Gasteiger partial charge in [-0.05, 0) is 12.8 Å². The number of aromatic nitrogens is 2. The van der Waals surface area contributed by atoms with Crippen molar-refractivity contribution in [1.82, 2.24) is 13.7 Å². The molecular formula is C14H26N4O2S2. The second-order valence-electron chi connectivity index (χ2n) is 6.84. The van der Waals surface area contributed by atoms with Crippen LogP contribution in [0.15, 0.2) is 0 Å². The van der Waals surface area contributed by atoms with Gasteiger partial charge in [-0.3, -0.25) is 0 Å². The number of sulfonamides is 1. The highest BCUT2D eigenvalue weighted by Crippen LogP contribution is 2.28. The van der Waals surface area contributed by atoms with Gasteiger partial charge >= 0.3 is 0 Å². The zero-order chi connectivity index (χ0) is 16.5. The van der Waals surface area contributed by atoms with Gasteiger partial charge in [0, 0.05) is 42.6 Å². The molecule has 0 N–H and O–H groups in total. The van der Waals surface area contributed by atoms with Crippen LogP contribution in [0.3, 0.4) is 0 Å². The van der Waals surface area contributed by atoms with E-state index < -0.39 is 10.0 Å². The molecule has 126 valence electrons. The van der Waals surface area contributed by atoms with Crippen LogP contribution in [0.1, 0.15) is 46.4 Å². The zero-order valence-corrected chi connectivity index (χ0v) is 15.7. The third kappa shape index (κ3) is 3.97. The molecule has 0 aromatic carbocycles. The average molecular weight is 347 g/mol. The lowest BCUT2D eigenvalue weighted by atomic mass is 9.96. The Morgan fingerprint density at radius 3 is 2.32 bits per heavy atom. The fourth-order valence-electron chi connectivity index (χ4n) is 2.76. The second kappa shape index (κ2) is 6.41. The summed E-state index contributed by atoms with van der Waals surface area (Å²) >= 11 is 1.44. The molecule has 0 radical (unpaired) electrons. The minimum absolute atomic E-state index is 0.0393. The zero-order valence-electron chi connectivity index (χ0n) is 14.0. The Morgan fingerprint density at radius 1 is 1.32 bits per heavy atom. The van der Waals surface area contributed by atoms with Gasteiger partial charge in [0.15, 0.2) is 0 Å². The van der Waals surface area contributed by atoms with Crippen LogP contribution in [0.25, 0.3) is 0 Å². The van der Waals surface area contributed by atoms with Gasteiger partial charge in [0.1, 0.15) is 5.82 Å². The normalized spacial score (nSPS) is 18.2. The summed E-state index contributed by atoms with van der Waals surface area (Å²) in [5.74, 6) is 0.876.